The first-order valence-corrected chi connectivity index (χ1v) is 11.5. The van der Waals surface area contributed by atoms with Crippen LogP contribution in [0, 0.1) is 12.7 Å². The number of aryl methyl sites for hydroxylation is 2. The van der Waals surface area contributed by atoms with E-state index in [9.17, 15) is 22.4 Å². The van der Waals surface area contributed by atoms with Crippen molar-refractivity contribution in [3.05, 3.63) is 101 Å². The molecule has 36 heavy (non-hydrogen) atoms. The number of hydrogen-bond acceptors (Lipinski definition) is 4. The number of methoxy groups -OCH3 is 1. The maximum atomic E-state index is 14.0. The predicted octanol–water partition coefficient (Wildman–Crippen LogP) is 5.32. The number of pyridine rings is 1. The lowest BCUT2D eigenvalue weighted by atomic mass is 9.95. The van der Waals surface area contributed by atoms with Crippen LogP contribution in [0.2, 0.25) is 0 Å². The van der Waals surface area contributed by atoms with E-state index < -0.39 is 24.0 Å². The lowest BCUT2D eigenvalue weighted by Gasteiger charge is -2.27. The van der Waals surface area contributed by atoms with Crippen LogP contribution in [-0.4, -0.2) is 31.2 Å². The molecule has 1 aromatic heterocycles. The van der Waals surface area contributed by atoms with Crippen molar-refractivity contribution in [3.63, 3.8) is 0 Å². The molecule has 5 nitrogen and oxygen atoms in total. The molecule has 0 bridgehead atoms. The molecular formula is C27H29F4N3O2. The summed E-state index contributed by atoms with van der Waals surface area (Å²) >= 11 is 0. The lowest BCUT2D eigenvalue weighted by molar-refractivity contribution is -0.141. The third-order valence-corrected chi connectivity index (χ3v) is 5.79. The largest absolute Gasteiger partial charge is 0.433 e. The molecule has 1 amide bonds. The minimum absolute atomic E-state index is 0.252. The molecule has 1 heterocycles. The molecule has 0 unspecified atom stereocenters. The van der Waals surface area contributed by atoms with Crippen LogP contribution in [0.1, 0.15) is 46.5 Å². The van der Waals surface area contributed by atoms with E-state index in [0.29, 0.717) is 37.1 Å². The van der Waals surface area contributed by atoms with Gasteiger partial charge in [0.15, 0.2) is 0 Å². The molecule has 192 valence electrons. The summed E-state index contributed by atoms with van der Waals surface area (Å²) in [5.41, 5.74) is 1.63. The molecule has 2 N–H and O–H groups in total. The monoisotopic (exact) mass is 503 g/mol. The maximum Gasteiger partial charge on any atom is 0.433 e. The quantitative estimate of drug-likeness (QED) is 0.275. The molecule has 0 saturated carbocycles. The molecule has 3 rings (SSSR count). The molecule has 0 radical (unpaired) electrons. The van der Waals surface area contributed by atoms with Gasteiger partial charge < -0.3 is 10.1 Å². The standard InChI is InChI=1S/C27H29F4N3O2/c1-18-16-21(10-11-22(18)28)23(12-8-19-9-13-24(33-17-19)27(29,30)31)34-25(20-6-4-3-5-7-20)26(35)32-14-15-36-2/h3-7,9-11,13,16-17,23,25,34H,8,12,14-15H2,1-2H3,(H,32,35)/t23-,25+/m1/s1. The minimum Gasteiger partial charge on any atom is -0.383 e. The number of halogens is 4. The molecule has 0 aliphatic carbocycles. The van der Waals surface area contributed by atoms with Gasteiger partial charge in [0.25, 0.3) is 0 Å². The summed E-state index contributed by atoms with van der Waals surface area (Å²) < 4.78 is 57.6. The number of nitrogens with one attached hydrogen (secondary N) is 2. The topological polar surface area (TPSA) is 63.2 Å². The van der Waals surface area contributed by atoms with E-state index in [1.165, 1.54) is 18.3 Å². The molecule has 2 aromatic carbocycles. The fourth-order valence-electron chi connectivity index (χ4n) is 3.83. The number of benzene rings is 2. The Morgan fingerprint density at radius 3 is 2.42 bits per heavy atom. The Kier molecular flexibility index (Phi) is 9.55. The van der Waals surface area contributed by atoms with E-state index in [1.807, 2.05) is 30.3 Å². The number of rotatable bonds is 11. The number of alkyl halides is 3. The van der Waals surface area contributed by atoms with Gasteiger partial charge in [0, 0.05) is 25.9 Å². The molecule has 0 saturated heterocycles. The van der Waals surface area contributed by atoms with E-state index in [1.54, 1.807) is 26.2 Å². The number of hydrogen-bond donors (Lipinski definition) is 2. The van der Waals surface area contributed by atoms with Gasteiger partial charge in [0.05, 0.1) is 6.61 Å². The predicted molar refractivity (Wildman–Crippen MR) is 129 cm³/mol. The van der Waals surface area contributed by atoms with E-state index in [2.05, 4.69) is 15.6 Å². The van der Waals surface area contributed by atoms with E-state index >= 15 is 0 Å². The van der Waals surface area contributed by atoms with Gasteiger partial charge in [-0.25, -0.2) is 4.39 Å². The van der Waals surface area contributed by atoms with Crippen molar-refractivity contribution in [1.29, 1.82) is 0 Å². The Balaban J connectivity index is 1.86. The van der Waals surface area contributed by atoms with E-state index in [4.69, 9.17) is 4.74 Å². The van der Waals surface area contributed by atoms with Crippen LogP contribution in [0.4, 0.5) is 17.6 Å². The van der Waals surface area contributed by atoms with Gasteiger partial charge in [-0.1, -0.05) is 48.5 Å². The van der Waals surface area contributed by atoms with Crippen molar-refractivity contribution in [2.75, 3.05) is 20.3 Å². The minimum atomic E-state index is -4.51. The molecule has 9 heteroatoms. The highest BCUT2D eigenvalue weighted by Gasteiger charge is 2.32. The highest BCUT2D eigenvalue weighted by atomic mass is 19.4. The Labute approximate surface area is 207 Å². The van der Waals surface area contributed by atoms with Crippen molar-refractivity contribution in [2.24, 2.45) is 0 Å². The maximum absolute atomic E-state index is 14.0. The normalized spacial score (nSPS) is 13.3. The zero-order valence-electron chi connectivity index (χ0n) is 20.1. The van der Waals surface area contributed by atoms with Gasteiger partial charge in [0.2, 0.25) is 5.91 Å². The molecule has 0 aliphatic rings. The van der Waals surface area contributed by atoms with Crippen molar-refractivity contribution < 1.29 is 27.1 Å². The summed E-state index contributed by atoms with van der Waals surface area (Å²) in [5, 5.41) is 6.24. The van der Waals surface area contributed by atoms with E-state index in [0.717, 1.165) is 17.2 Å². The summed E-state index contributed by atoms with van der Waals surface area (Å²) in [6.07, 6.45) is -2.46. The fourth-order valence-corrected chi connectivity index (χ4v) is 3.83. The average Bonchev–Trinajstić information content (AvgIpc) is 2.86. The second-order valence-corrected chi connectivity index (χ2v) is 8.44. The van der Waals surface area contributed by atoms with Gasteiger partial charge in [-0.3, -0.25) is 15.1 Å². The average molecular weight is 504 g/mol. The van der Waals surface area contributed by atoms with Crippen LogP contribution >= 0.6 is 0 Å². The second kappa shape index (κ2) is 12.6. The summed E-state index contributed by atoms with van der Waals surface area (Å²) in [4.78, 5) is 16.6. The number of ether oxygens (including phenoxy) is 1. The molecule has 2 atom stereocenters. The van der Waals surface area contributed by atoms with Crippen LogP contribution < -0.4 is 10.6 Å². The second-order valence-electron chi connectivity index (χ2n) is 8.44. The van der Waals surface area contributed by atoms with Crippen molar-refractivity contribution >= 4 is 5.91 Å². The number of amides is 1. The molecule has 3 aromatic rings. The van der Waals surface area contributed by atoms with Crippen LogP contribution in [0.15, 0.2) is 66.9 Å². The number of nitrogens with zero attached hydrogens (tertiary/aromatic N) is 1. The van der Waals surface area contributed by atoms with Crippen LogP contribution in [0.3, 0.4) is 0 Å². The molecule has 0 fully saturated rings. The van der Waals surface area contributed by atoms with Gasteiger partial charge in [-0.2, -0.15) is 13.2 Å². The number of carbonyl (C=O) groups is 1. The first-order chi connectivity index (χ1) is 17.2. The van der Waals surface area contributed by atoms with Gasteiger partial charge in [-0.15, -0.1) is 0 Å². The SMILES string of the molecule is COCCNC(=O)[C@@H](N[C@H](CCc1ccc(C(F)(F)F)nc1)c1ccc(F)c(C)c1)c1ccccc1. The lowest BCUT2D eigenvalue weighted by Crippen LogP contribution is -2.40. The molecular weight excluding hydrogens is 474 g/mol. The first-order valence-electron chi connectivity index (χ1n) is 11.5. The third kappa shape index (κ3) is 7.60. The highest BCUT2D eigenvalue weighted by Crippen LogP contribution is 2.29. The summed E-state index contributed by atoms with van der Waals surface area (Å²) in [5.74, 6) is -0.598. The molecule has 0 spiro atoms. The Hall–Kier alpha value is -3.30. The number of aromatic nitrogens is 1. The van der Waals surface area contributed by atoms with Crippen molar-refractivity contribution in [3.8, 4) is 0 Å². The van der Waals surface area contributed by atoms with Gasteiger partial charge in [0.1, 0.15) is 17.6 Å². The zero-order valence-corrected chi connectivity index (χ0v) is 20.1. The van der Waals surface area contributed by atoms with Gasteiger partial charge in [-0.05, 0) is 54.2 Å². The first kappa shape index (κ1) is 27.3. The summed E-state index contributed by atoms with van der Waals surface area (Å²) in [6.45, 7) is 2.34. The highest BCUT2D eigenvalue weighted by molar-refractivity contribution is 5.83. The van der Waals surface area contributed by atoms with Crippen LogP contribution in [0.25, 0.3) is 0 Å². The smallest absolute Gasteiger partial charge is 0.383 e. The zero-order chi connectivity index (χ0) is 26.1. The Morgan fingerprint density at radius 1 is 1.06 bits per heavy atom. The van der Waals surface area contributed by atoms with Crippen LogP contribution in [0.5, 0.6) is 0 Å². The summed E-state index contributed by atoms with van der Waals surface area (Å²) in [7, 11) is 1.54. The van der Waals surface area contributed by atoms with Crippen molar-refractivity contribution in [1.82, 2.24) is 15.6 Å². The molecule has 0 aliphatic heterocycles. The third-order valence-electron chi connectivity index (χ3n) is 5.79. The fraction of sp³-hybridized carbons (Fsp3) is 0.333. The Morgan fingerprint density at radius 2 is 1.81 bits per heavy atom. The van der Waals surface area contributed by atoms with Gasteiger partial charge >= 0.3 is 6.18 Å². The Bertz CT molecular complexity index is 1120. The van der Waals surface area contributed by atoms with E-state index in [-0.39, 0.29) is 11.7 Å². The van der Waals surface area contributed by atoms with Crippen molar-refractivity contribution in [2.45, 2.75) is 38.0 Å². The van der Waals surface area contributed by atoms with Crippen LogP contribution in [-0.2, 0) is 22.1 Å². The number of carbonyl (C=O) groups excluding carboxylic acids is 1. The summed E-state index contributed by atoms with van der Waals surface area (Å²) in [6, 6.07) is 15.1.